The van der Waals surface area contributed by atoms with Crippen LogP contribution in [0.4, 0.5) is 0 Å². The molecule has 0 saturated carbocycles. The quantitative estimate of drug-likeness (QED) is 0.791. The van der Waals surface area contributed by atoms with E-state index in [2.05, 4.69) is 0 Å². The summed E-state index contributed by atoms with van der Waals surface area (Å²) in [6.45, 7) is 7.47. The van der Waals surface area contributed by atoms with Gasteiger partial charge in [-0.05, 0) is 38.0 Å². The lowest BCUT2D eigenvalue weighted by molar-refractivity contribution is 0.296. The second-order valence-electron chi connectivity index (χ2n) is 4.84. The standard InChI is InChI=1S/C13H19NO2/c1-9-10(13(2,3)14)5-6-11-12(9)16-8-4-7-15-11/h5-6H,4,7-8,14H2,1-3H3. The van der Waals surface area contributed by atoms with Crippen LogP contribution in [0.5, 0.6) is 11.5 Å². The molecule has 1 heterocycles. The SMILES string of the molecule is Cc1c(C(C)(C)N)ccc2c1OCCCO2. The first-order valence-corrected chi connectivity index (χ1v) is 5.68. The van der Waals surface area contributed by atoms with E-state index in [1.54, 1.807) is 0 Å². The van der Waals surface area contributed by atoms with Gasteiger partial charge in [0.2, 0.25) is 0 Å². The highest BCUT2D eigenvalue weighted by Gasteiger charge is 2.22. The first-order valence-electron chi connectivity index (χ1n) is 5.68. The van der Waals surface area contributed by atoms with E-state index in [1.165, 1.54) is 0 Å². The summed E-state index contributed by atoms with van der Waals surface area (Å²) >= 11 is 0. The van der Waals surface area contributed by atoms with Gasteiger partial charge in [0.05, 0.1) is 13.2 Å². The van der Waals surface area contributed by atoms with Crippen LogP contribution in [0, 0.1) is 6.92 Å². The van der Waals surface area contributed by atoms with Gasteiger partial charge in [-0.3, -0.25) is 0 Å². The van der Waals surface area contributed by atoms with Crippen molar-refractivity contribution in [3.63, 3.8) is 0 Å². The highest BCUT2D eigenvalue weighted by atomic mass is 16.5. The van der Waals surface area contributed by atoms with Crippen LogP contribution in [0.2, 0.25) is 0 Å². The fourth-order valence-corrected chi connectivity index (χ4v) is 2.07. The summed E-state index contributed by atoms with van der Waals surface area (Å²) in [5.41, 5.74) is 7.98. The topological polar surface area (TPSA) is 44.5 Å². The molecule has 3 nitrogen and oxygen atoms in total. The Bertz CT molecular complexity index is 394. The summed E-state index contributed by atoms with van der Waals surface area (Å²) in [6, 6.07) is 3.99. The van der Waals surface area contributed by atoms with E-state index in [1.807, 2.05) is 32.9 Å². The van der Waals surface area contributed by atoms with E-state index in [9.17, 15) is 0 Å². The first-order chi connectivity index (χ1) is 7.50. The molecule has 1 aromatic carbocycles. The van der Waals surface area contributed by atoms with Gasteiger partial charge in [0.15, 0.2) is 11.5 Å². The van der Waals surface area contributed by atoms with Crippen molar-refractivity contribution in [2.24, 2.45) is 5.73 Å². The molecule has 1 aromatic rings. The minimum absolute atomic E-state index is 0.352. The Morgan fingerprint density at radius 2 is 1.88 bits per heavy atom. The fraction of sp³-hybridized carbons (Fsp3) is 0.538. The number of hydrogen-bond acceptors (Lipinski definition) is 3. The largest absolute Gasteiger partial charge is 0.490 e. The predicted molar refractivity (Wildman–Crippen MR) is 64.0 cm³/mol. The van der Waals surface area contributed by atoms with Gasteiger partial charge >= 0.3 is 0 Å². The zero-order chi connectivity index (χ0) is 11.8. The number of fused-ring (bicyclic) bond motifs is 1. The molecular formula is C13H19NO2. The van der Waals surface area contributed by atoms with Crippen LogP contribution in [-0.4, -0.2) is 13.2 Å². The lowest BCUT2D eigenvalue weighted by Crippen LogP contribution is -2.29. The molecule has 0 spiro atoms. The number of rotatable bonds is 1. The Morgan fingerprint density at radius 3 is 2.56 bits per heavy atom. The maximum absolute atomic E-state index is 6.13. The fourth-order valence-electron chi connectivity index (χ4n) is 2.07. The van der Waals surface area contributed by atoms with Crippen LogP contribution in [0.3, 0.4) is 0 Å². The Labute approximate surface area is 96.5 Å². The summed E-state index contributed by atoms with van der Waals surface area (Å²) in [6.07, 6.45) is 0.926. The average molecular weight is 221 g/mol. The molecule has 0 unspecified atom stereocenters. The second kappa shape index (κ2) is 3.98. The minimum atomic E-state index is -0.352. The lowest BCUT2D eigenvalue weighted by atomic mass is 9.91. The van der Waals surface area contributed by atoms with E-state index in [4.69, 9.17) is 15.2 Å². The Kier molecular flexibility index (Phi) is 2.80. The normalized spacial score (nSPS) is 15.8. The van der Waals surface area contributed by atoms with Gasteiger partial charge in [-0.15, -0.1) is 0 Å². The Hall–Kier alpha value is -1.22. The molecule has 2 N–H and O–H groups in total. The van der Waals surface area contributed by atoms with Crippen molar-refractivity contribution in [3.05, 3.63) is 23.3 Å². The van der Waals surface area contributed by atoms with Crippen LogP contribution in [-0.2, 0) is 5.54 Å². The van der Waals surface area contributed by atoms with Crippen molar-refractivity contribution in [1.82, 2.24) is 0 Å². The first kappa shape index (κ1) is 11.3. The van der Waals surface area contributed by atoms with Crippen molar-refractivity contribution in [1.29, 1.82) is 0 Å². The molecule has 1 aliphatic heterocycles. The van der Waals surface area contributed by atoms with E-state index < -0.39 is 0 Å². The molecule has 0 aliphatic carbocycles. The monoisotopic (exact) mass is 221 g/mol. The molecule has 0 fully saturated rings. The number of hydrogen-bond donors (Lipinski definition) is 1. The summed E-state index contributed by atoms with van der Waals surface area (Å²) < 4.78 is 11.4. The van der Waals surface area contributed by atoms with Crippen LogP contribution in [0.25, 0.3) is 0 Å². The number of ether oxygens (including phenoxy) is 2. The smallest absolute Gasteiger partial charge is 0.164 e. The summed E-state index contributed by atoms with van der Waals surface area (Å²) in [5.74, 6) is 1.69. The third kappa shape index (κ3) is 2.00. The molecule has 1 aliphatic rings. The van der Waals surface area contributed by atoms with Crippen LogP contribution in [0.15, 0.2) is 12.1 Å². The molecule has 16 heavy (non-hydrogen) atoms. The molecule has 0 saturated heterocycles. The average Bonchev–Trinajstić information content (AvgIpc) is 2.41. The second-order valence-corrected chi connectivity index (χ2v) is 4.84. The van der Waals surface area contributed by atoms with Gasteiger partial charge < -0.3 is 15.2 Å². The zero-order valence-corrected chi connectivity index (χ0v) is 10.2. The van der Waals surface area contributed by atoms with Crippen molar-refractivity contribution >= 4 is 0 Å². The highest BCUT2D eigenvalue weighted by molar-refractivity contribution is 5.52. The van der Waals surface area contributed by atoms with E-state index in [0.717, 1.165) is 35.7 Å². The van der Waals surface area contributed by atoms with E-state index in [-0.39, 0.29) is 5.54 Å². The molecule has 0 radical (unpaired) electrons. The summed E-state index contributed by atoms with van der Waals surface area (Å²) in [4.78, 5) is 0. The molecule has 0 bridgehead atoms. The van der Waals surface area contributed by atoms with E-state index in [0.29, 0.717) is 6.61 Å². The van der Waals surface area contributed by atoms with Gasteiger partial charge in [-0.2, -0.15) is 0 Å². The Balaban J connectivity index is 2.50. The molecule has 0 amide bonds. The number of nitrogens with two attached hydrogens (primary N) is 1. The third-order valence-electron chi connectivity index (χ3n) is 2.86. The molecule has 88 valence electrons. The van der Waals surface area contributed by atoms with Crippen molar-refractivity contribution in [2.75, 3.05) is 13.2 Å². The molecule has 0 aromatic heterocycles. The van der Waals surface area contributed by atoms with E-state index >= 15 is 0 Å². The lowest BCUT2D eigenvalue weighted by Gasteiger charge is -2.23. The predicted octanol–water partition coefficient (Wildman–Crippen LogP) is 2.35. The van der Waals surface area contributed by atoms with Gasteiger partial charge in [0, 0.05) is 12.0 Å². The molecule has 3 heteroatoms. The highest BCUT2D eigenvalue weighted by Crippen LogP contribution is 2.37. The van der Waals surface area contributed by atoms with Crippen molar-refractivity contribution in [2.45, 2.75) is 32.7 Å². The molecule has 2 rings (SSSR count). The maximum Gasteiger partial charge on any atom is 0.164 e. The van der Waals surface area contributed by atoms with Gasteiger partial charge in [0.25, 0.3) is 0 Å². The van der Waals surface area contributed by atoms with Gasteiger partial charge in [-0.25, -0.2) is 0 Å². The van der Waals surface area contributed by atoms with Gasteiger partial charge in [0.1, 0.15) is 0 Å². The maximum atomic E-state index is 6.13. The summed E-state index contributed by atoms with van der Waals surface area (Å²) in [7, 11) is 0. The van der Waals surface area contributed by atoms with Crippen LogP contribution >= 0.6 is 0 Å². The minimum Gasteiger partial charge on any atom is -0.490 e. The third-order valence-corrected chi connectivity index (χ3v) is 2.86. The van der Waals surface area contributed by atoms with Crippen LogP contribution in [0.1, 0.15) is 31.4 Å². The number of benzene rings is 1. The summed E-state index contributed by atoms with van der Waals surface area (Å²) in [5, 5.41) is 0. The molecular weight excluding hydrogens is 202 g/mol. The Morgan fingerprint density at radius 1 is 1.19 bits per heavy atom. The van der Waals surface area contributed by atoms with Crippen LogP contribution < -0.4 is 15.2 Å². The van der Waals surface area contributed by atoms with Crippen molar-refractivity contribution in [3.8, 4) is 11.5 Å². The molecule has 0 atom stereocenters. The zero-order valence-electron chi connectivity index (χ0n) is 10.2. The van der Waals surface area contributed by atoms with Gasteiger partial charge in [-0.1, -0.05) is 6.07 Å². The van der Waals surface area contributed by atoms with Crippen molar-refractivity contribution < 1.29 is 9.47 Å².